The molecule has 1 aliphatic heterocycles. The van der Waals surface area contributed by atoms with Crippen molar-refractivity contribution in [2.24, 2.45) is 0 Å². The van der Waals surface area contributed by atoms with Crippen LogP contribution >= 0.6 is 0 Å². The van der Waals surface area contributed by atoms with Gasteiger partial charge in [-0.15, -0.1) is 0 Å². The summed E-state index contributed by atoms with van der Waals surface area (Å²) in [5, 5.41) is 30.7. The number of unbranched alkanes of at least 4 members (excludes halogenated alkanes) is 13. The maximum atomic E-state index is 12.9. The summed E-state index contributed by atoms with van der Waals surface area (Å²) >= 11 is 0. The first-order valence-electron chi connectivity index (χ1n) is 25.0. The van der Waals surface area contributed by atoms with Crippen molar-refractivity contribution >= 4 is 16.4 Å². The summed E-state index contributed by atoms with van der Waals surface area (Å²) in [7, 11) is -5.07. The molecule has 1 aliphatic rings. The number of carbonyl (C=O) groups is 1. The van der Waals surface area contributed by atoms with Crippen LogP contribution in [0.3, 0.4) is 0 Å². The third kappa shape index (κ3) is 36.1. The van der Waals surface area contributed by atoms with Gasteiger partial charge in [0.15, 0.2) is 6.29 Å². The quantitative estimate of drug-likeness (QED) is 0.0197. The van der Waals surface area contributed by atoms with Crippen LogP contribution in [0.1, 0.15) is 168 Å². The average molecular weight is 949 g/mol. The van der Waals surface area contributed by atoms with E-state index in [0.29, 0.717) is 13.0 Å². The Labute approximate surface area is 399 Å². The molecule has 4 N–H and O–H groups in total. The molecule has 1 rings (SSSR count). The highest BCUT2D eigenvalue weighted by Gasteiger charge is 2.48. The summed E-state index contributed by atoms with van der Waals surface area (Å²) in [6, 6.07) is 0. The monoisotopic (exact) mass is 949 g/mol. The van der Waals surface area contributed by atoms with Crippen LogP contribution in [0.4, 0.5) is 0 Å². The molecule has 12 nitrogen and oxygen atoms in total. The predicted molar refractivity (Wildman–Crippen MR) is 266 cm³/mol. The van der Waals surface area contributed by atoms with Crippen molar-refractivity contribution < 1.29 is 56.2 Å². The standard InChI is InChI=1S/C53H88O12S/c1-3-5-7-9-11-13-15-17-19-21-23-24-25-26-28-30-32-34-36-38-40-42-49(55)63-47(46-62-53-51(57)52(65-66(58,59)60)50(56)48(44-54)64-53)45-61-43-41-39-37-35-33-31-29-27-22-20-18-16-14-12-10-8-6-4-2/h5-8,11-14,17-20,23-24,26,28,47-48,50-54,56-57H,3-4,9-10,15-16,21-22,25,27,29-46H2,1-2H3,(H,58,59,60)/b7-5-,8-6-,13-11-,14-12-,19-17-,20-18-,24-23-,28-26-. The van der Waals surface area contributed by atoms with Crippen LogP contribution in [-0.2, 0) is 38.3 Å². The van der Waals surface area contributed by atoms with E-state index in [-0.39, 0.29) is 19.6 Å². The molecular formula is C53H88O12S. The third-order valence-electron chi connectivity index (χ3n) is 10.7. The van der Waals surface area contributed by atoms with Crippen molar-refractivity contribution in [1.29, 1.82) is 0 Å². The lowest BCUT2D eigenvalue weighted by Gasteiger charge is -2.41. The van der Waals surface area contributed by atoms with Crippen molar-refractivity contribution in [2.75, 3.05) is 26.4 Å². The molecule has 1 fully saturated rings. The first-order valence-corrected chi connectivity index (χ1v) is 26.4. The Morgan fingerprint density at radius 3 is 1.45 bits per heavy atom. The fourth-order valence-corrected chi connectivity index (χ4v) is 7.52. The van der Waals surface area contributed by atoms with Crippen molar-refractivity contribution in [3.63, 3.8) is 0 Å². The van der Waals surface area contributed by atoms with E-state index in [9.17, 15) is 33.1 Å². The maximum Gasteiger partial charge on any atom is 0.397 e. The predicted octanol–water partition coefficient (Wildman–Crippen LogP) is 11.4. The van der Waals surface area contributed by atoms with Gasteiger partial charge in [-0.05, 0) is 89.9 Å². The van der Waals surface area contributed by atoms with Gasteiger partial charge >= 0.3 is 16.4 Å². The zero-order chi connectivity index (χ0) is 48.2. The lowest BCUT2D eigenvalue weighted by atomic mass is 9.99. The van der Waals surface area contributed by atoms with Crippen LogP contribution in [-0.4, -0.2) is 97.5 Å². The molecule has 0 radical (unpaired) electrons. The van der Waals surface area contributed by atoms with Gasteiger partial charge in [0.1, 0.15) is 30.5 Å². The Kier molecular flexibility index (Phi) is 40.1. The minimum atomic E-state index is -5.07. The molecule has 0 bridgehead atoms. The highest BCUT2D eigenvalue weighted by Crippen LogP contribution is 2.26. The number of hydrogen-bond donors (Lipinski definition) is 4. The summed E-state index contributed by atoms with van der Waals surface area (Å²) in [4.78, 5) is 12.9. The normalized spacial score (nSPS) is 20.4. The molecule has 0 aromatic heterocycles. The molecular weight excluding hydrogens is 861 g/mol. The Bertz CT molecular complexity index is 1520. The van der Waals surface area contributed by atoms with Crippen molar-refractivity contribution in [3.05, 3.63) is 97.2 Å². The van der Waals surface area contributed by atoms with Crippen molar-refractivity contribution in [1.82, 2.24) is 0 Å². The van der Waals surface area contributed by atoms with Gasteiger partial charge in [-0.1, -0.05) is 169 Å². The van der Waals surface area contributed by atoms with Crippen LogP contribution < -0.4 is 0 Å². The number of ether oxygens (including phenoxy) is 4. The highest BCUT2D eigenvalue weighted by molar-refractivity contribution is 7.80. The van der Waals surface area contributed by atoms with Crippen LogP contribution in [0.2, 0.25) is 0 Å². The van der Waals surface area contributed by atoms with E-state index in [1.807, 2.05) is 0 Å². The molecule has 0 aliphatic carbocycles. The minimum Gasteiger partial charge on any atom is -0.457 e. The number of carbonyl (C=O) groups excluding carboxylic acids is 1. The molecule has 66 heavy (non-hydrogen) atoms. The minimum absolute atomic E-state index is 0.0163. The van der Waals surface area contributed by atoms with Gasteiger partial charge < -0.3 is 34.3 Å². The van der Waals surface area contributed by atoms with E-state index in [1.54, 1.807) is 0 Å². The molecule has 1 heterocycles. The summed E-state index contributed by atoms with van der Waals surface area (Å²) in [6.07, 6.45) is 50.0. The van der Waals surface area contributed by atoms with Crippen molar-refractivity contribution in [2.45, 2.75) is 205 Å². The van der Waals surface area contributed by atoms with Gasteiger partial charge in [0, 0.05) is 13.0 Å². The molecule has 0 aromatic carbocycles. The zero-order valence-corrected chi connectivity index (χ0v) is 41.3. The first-order chi connectivity index (χ1) is 32.1. The van der Waals surface area contributed by atoms with Gasteiger partial charge in [0.05, 0.1) is 19.8 Å². The Morgan fingerprint density at radius 2 is 1.00 bits per heavy atom. The number of allylic oxidation sites excluding steroid dienone is 16. The number of hydrogen-bond acceptors (Lipinski definition) is 11. The average Bonchev–Trinajstić information content (AvgIpc) is 3.29. The summed E-state index contributed by atoms with van der Waals surface area (Å²) in [5.74, 6) is -0.425. The second-order valence-corrected chi connectivity index (χ2v) is 17.7. The van der Waals surface area contributed by atoms with E-state index in [4.69, 9.17) is 18.9 Å². The molecule has 378 valence electrons. The van der Waals surface area contributed by atoms with Gasteiger partial charge in [-0.3, -0.25) is 9.35 Å². The SMILES string of the molecule is CC/C=C\C/C=C\C/C=C\C/C=C\C/C=C\CCCCCCCC(=O)OC(COCCCCCCCCCC/C=C\C/C=C\C/C=C\CC)COC1OC(CO)C(O)C(OS(=O)(=O)O)C1O. The molecule has 0 spiro atoms. The zero-order valence-electron chi connectivity index (χ0n) is 40.5. The highest BCUT2D eigenvalue weighted by atomic mass is 32.3. The maximum absolute atomic E-state index is 12.9. The largest absolute Gasteiger partial charge is 0.457 e. The Balaban J connectivity index is 2.41. The molecule has 6 atom stereocenters. The van der Waals surface area contributed by atoms with E-state index in [1.165, 1.54) is 32.1 Å². The van der Waals surface area contributed by atoms with Crippen molar-refractivity contribution in [3.8, 4) is 0 Å². The summed E-state index contributed by atoms with van der Waals surface area (Å²) < 4.78 is 59.2. The topological polar surface area (TPSA) is 178 Å². The molecule has 0 saturated carbocycles. The Morgan fingerprint density at radius 1 is 0.576 bits per heavy atom. The van der Waals surface area contributed by atoms with Gasteiger partial charge in [-0.25, -0.2) is 4.18 Å². The van der Waals surface area contributed by atoms with E-state index < -0.39 is 59.8 Å². The number of esters is 1. The lowest BCUT2D eigenvalue weighted by molar-refractivity contribution is -0.301. The van der Waals surface area contributed by atoms with Crippen LogP contribution in [0.15, 0.2) is 97.2 Å². The fraction of sp³-hybridized carbons (Fsp3) is 0.679. The number of rotatable bonds is 42. The van der Waals surface area contributed by atoms with Crippen LogP contribution in [0, 0.1) is 0 Å². The molecule has 0 amide bonds. The van der Waals surface area contributed by atoms with Gasteiger partial charge in [0.2, 0.25) is 0 Å². The molecule has 13 heteroatoms. The first kappa shape index (κ1) is 61.0. The Hall–Kier alpha value is -2.98. The lowest BCUT2D eigenvalue weighted by Crippen LogP contribution is -2.60. The second-order valence-electron chi connectivity index (χ2n) is 16.6. The smallest absolute Gasteiger partial charge is 0.397 e. The fourth-order valence-electron chi connectivity index (χ4n) is 7.01. The molecule has 6 unspecified atom stereocenters. The van der Waals surface area contributed by atoms with E-state index in [2.05, 4.69) is 115 Å². The van der Waals surface area contributed by atoms with E-state index in [0.717, 1.165) is 109 Å². The third-order valence-corrected chi connectivity index (χ3v) is 11.2. The summed E-state index contributed by atoms with van der Waals surface area (Å²) in [6.45, 7) is 3.71. The number of aliphatic hydroxyl groups is 3. The second kappa shape index (κ2) is 43.3. The summed E-state index contributed by atoms with van der Waals surface area (Å²) in [5.41, 5.74) is 0. The van der Waals surface area contributed by atoms with E-state index >= 15 is 0 Å². The van der Waals surface area contributed by atoms with Gasteiger partial charge in [0.25, 0.3) is 0 Å². The molecule has 0 aromatic rings. The van der Waals surface area contributed by atoms with Crippen LogP contribution in [0.5, 0.6) is 0 Å². The van der Waals surface area contributed by atoms with Crippen LogP contribution in [0.25, 0.3) is 0 Å². The number of aliphatic hydroxyl groups excluding tert-OH is 3. The molecule has 1 saturated heterocycles. The van der Waals surface area contributed by atoms with Gasteiger partial charge in [-0.2, -0.15) is 8.42 Å².